The molecule has 21 heteroatoms. The molecule has 85 heavy (non-hydrogen) atoms. The lowest BCUT2D eigenvalue weighted by atomic mass is 9.93. The van der Waals surface area contributed by atoms with Crippen LogP contribution in [0.15, 0.2) is 73.3 Å². The summed E-state index contributed by atoms with van der Waals surface area (Å²) in [6.07, 6.45) is 4.69. The van der Waals surface area contributed by atoms with Crippen LogP contribution in [0.5, 0.6) is 0 Å². The number of carbonyl (C=O) groups excluding carboxylic acids is 9. The van der Waals surface area contributed by atoms with Crippen molar-refractivity contribution < 1.29 is 53.0 Å². The van der Waals surface area contributed by atoms with Gasteiger partial charge in [0.05, 0.1) is 5.60 Å². The van der Waals surface area contributed by atoms with Gasteiger partial charge in [0.2, 0.25) is 41.4 Å². The van der Waals surface area contributed by atoms with Crippen LogP contribution in [0.3, 0.4) is 0 Å². The zero-order valence-electron chi connectivity index (χ0n) is 52.8. The molecule has 1 aromatic heterocycles. The number of benzene rings is 2. The average molecular weight is 1180 g/mol. The van der Waals surface area contributed by atoms with Crippen molar-refractivity contribution in [1.29, 1.82) is 0 Å². The van der Waals surface area contributed by atoms with Gasteiger partial charge >= 0.3 is 5.97 Å². The fraction of sp³-hybridized carbons (Fsp3) is 0.609. The fourth-order valence-electron chi connectivity index (χ4n) is 11.6. The first-order valence-corrected chi connectivity index (χ1v) is 30.0. The van der Waals surface area contributed by atoms with Gasteiger partial charge in [-0.05, 0) is 79.9 Å². The van der Waals surface area contributed by atoms with Gasteiger partial charge in [-0.15, -0.1) is 0 Å². The lowest BCUT2D eigenvalue weighted by Gasteiger charge is -2.39. The van der Waals surface area contributed by atoms with Gasteiger partial charge in [0.1, 0.15) is 48.6 Å². The third kappa shape index (κ3) is 17.0. The van der Waals surface area contributed by atoms with E-state index in [1.165, 1.54) is 68.0 Å². The first-order chi connectivity index (χ1) is 39.9. The molecule has 2 unspecified atom stereocenters. The molecule has 466 valence electrons. The number of aliphatic hydroxyl groups is 1. The minimum absolute atomic E-state index is 0.0176. The van der Waals surface area contributed by atoms with Crippen molar-refractivity contribution in [1.82, 2.24) is 50.4 Å². The van der Waals surface area contributed by atoms with Gasteiger partial charge in [0.15, 0.2) is 12.1 Å². The SMILES string of the molecule is CCC(C)[C@@H]1NC(=O)[C@@H]2CCCN2C(=O)[C@H](Cc2ccc(-c3cncnc3)cc2)N(C)C(=O)[C@H](Cc2ccccc2)NC(=O)[C@H](C(C)C)N(C)C(=O)[C@@H](C(C)CC)OC(=O)[C@H](C(C)(C)O)N(C)C(=O)[C@H](CC(C)C)NC(=O)[C@H](C(C)C)N(C)C1=O. The Morgan fingerprint density at radius 1 is 0.600 bits per heavy atom. The Hall–Kier alpha value is -7.29. The fourth-order valence-corrected chi connectivity index (χ4v) is 11.6. The summed E-state index contributed by atoms with van der Waals surface area (Å²) < 4.78 is 6.12. The largest absolute Gasteiger partial charge is 0.450 e. The summed E-state index contributed by atoms with van der Waals surface area (Å²) in [5.74, 6) is -8.87. The molecule has 3 heterocycles. The van der Waals surface area contributed by atoms with Crippen LogP contribution in [0.4, 0.5) is 0 Å². The van der Waals surface area contributed by atoms with E-state index in [0.29, 0.717) is 30.4 Å². The number of aromatic nitrogens is 2. The number of amides is 8. The van der Waals surface area contributed by atoms with E-state index in [1.54, 1.807) is 85.1 Å². The Kier molecular flexibility index (Phi) is 24.3. The maximum absolute atomic E-state index is 15.6. The molecule has 2 fully saturated rings. The first kappa shape index (κ1) is 68.5. The number of carbonyl (C=O) groups is 9. The van der Waals surface area contributed by atoms with E-state index < -0.39 is 137 Å². The minimum Gasteiger partial charge on any atom is -0.450 e. The Labute approximate surface area is 502 Å². The number of likely N-dealkylation sites (N-methyl/N-ethyl adjacent to an activating group) is 4. The van der Waals surface area contributed by atoms with Crippen molar-refractivity contribution >= 4 is 53.2 Å². The smallest absolute Gasteiger partial charge is 0.332 e. The Morgan fingerprint density at radius 2 is 1.13 bits per heavy atom. The van der Waals surface area contributed by atoms with Crippen LogP contribution in [0.25, 0.3) is 11.1 Å². The van der Waals surface area contributed by atoms with Gasteiger partial charge < -0.3 is 50.3 Å². The van der Waals surface area contributed by atoms with Gasteiger partial charge in [0.25, 0.3) is 5.91 Å². The Balaban J connectivity index is 1.71. The monoisotopic (exact) mass is 1180 g/mol. The molecule has 4 N–H and O–H groups in total. The van der Waals surface area contributed by atoms with Crippen LogP contribution in [0, 0.1) is 29.6 Å². The van der Waals surface area contributed by atoms with Crippen LogP contribution < -0.4 is 16.0 Å². The number of ether oxygens (including phenoxy) is 1. The van der Waals surface area contributed by atoms with Gasteiger partial charge in [0, 0.05) is 71.5 Å². The molecule has 2 saturated heterocycles. The second kappa shape index (κ2) is 30.2. The lowest BCUT2D eigenvalue weighted by molar-refractivity contribution is -0.177. The summed E-state index contributed by atoms with van der Waals surface area (Å²) in [6.45, 7) is 20.6. The van der Waals surface area contributed by atoms with E-state index in [9.17, 15) is 29.1 Å². The molecular formula is C64H94N10O11. The highest BCUT2D eigenvalue weighted by Gasteiger charge is 2.48. The molecule has 0 radical (unpaired) electrons. The number of hydrogen-bond acceptors (Lipinski definition) is 13. The molecule has 0 aliphatic carbocycles. The molecule has 0 spiro atoms. The molecule has 5 rings (SSSR count). The van der Waals surface area contributed by atoms with Crippen molar-refractivity contribution in [2.24, 2.45) is 29.6 Å². The molecule has 2 aliphatic heterocycles. The topological polar surface area (TPSA) is 261 Å². The van der Waals surface area contributed by atoms with Crippen LogP contribution in [-0.4, -0.2) is 188 Å². The number of nitrogens with zero attached hydrogens (tertiary/aromatic N) is 7. The van der Waals surface area contributed by atoms with E-state index >= 15 is 19.2 Å². The second-order valence-corrected chi connectivity index (χ2v) is 25.0. The molecule has 0 bridgehead atoms. The minimum atomic E-state index is -1.98. The lowest BCUT2D eigenvalue weighted by Crippen LogP contribution is -2.63. The van der Waals surface area contributed by atoms with Crippen molar-refractivity contribution in [3.8, 4) is 11.1 Å². The summed E-state index contributed by atoms with van der Waals surface area (Å²) in [7, 11) is 5.65. The summed E-state index contributed by atoms with van der Waals surface area (Å²) in [4.78, 5) is 150. The summed E-state index contributed by atoms with van der Waals surface area (Å²) in [5.41, 5.74) is 0.929. The Bertz CT molecular complexity index is 2790. The molecule has 8 amide bonds. The molecule has 11 atom stereocenters. The van der Waals surface area contributed by atoms with Crippen molar-refractivity contribution in [2.45, 2.75) is 188 Å². The number of nitrogens with one attached hydrogen (secondary N) is 3. The van der Waals surface area contributed by atoms with Crippen LogP contribution in [0.1, 0.15) is 126 Å². The average Bonchev–Trinajstić information content (AvgIpc) is 2.85. The van der Waals surface area contributed by atoms with Crippen molar-refractivity contribution in [3.05, 3.63) is 84.4 Å². The van der Waals surface area contributed by atoms with E-state index in [4.69, 9.17) is 4.74 Å². The number of fused-ring (bicyclic) bond motifs is 1. The van der Waals surface area contributed by atoms with Gasteiger partial charge in [-0.1, -0.05) is 130 Å². The summed E-state index contributed by atoms with van der Waals surface area (Å²) in [6, 6.07) is 6.11. The number of hydrogen-bond donors (Lipinski definition) is 4. The summed E-state index contributed by atoms with van der Waals surface area (Å²) >= 11 is 0. The molecule has 3 aromatic rings. The van der Waals surface area contributed by atoms with Crippen LogP contribution in [0.2, 0.25) is 0 Å². The van der Waals surface area contributed by atoms with E-state index in [-0.39, 0.29) is 38.1 Å². The van der Waals surface area contributed by atoms with E-state index in [1.807, 2.05) is 51.1 Å². The molecule has 2 aliphatic rings. The quantitative estimate of drug-likeness (QED) is 0.158. The number of esters is 1. The van der Waals surface area contributed by atoms with Gasteiger partial charge in [-0.2, -0.15) is 0 Å². The highest BCUT2D eigenvalue weighted by atomic mass is 16.6. The Morgan fingerprint density at radius 3 is 1.66 bits per heavy atom. The third-order valence-corrected chi connectivity index (χ3v) is 16.8. The highest BCUT2D eigenvalue weighted by Crippen LogP contribution is 2.28. The van der Waals surface area contributed by atoms with Gasteiger partial charge in [-0.25, -0.2) is 14.8 Å². The third-order valence-electron chi connectivity index (χ3n) is 16.8. The predicted octanol–water partition coefficient (Wildman–Crippen LogP) is 4.83. The predicted molar refractivity (Wildman–Crippen MR) is 322 cm³/mol. The van der Waals surface area contributed by atoms with E-state index in [2.05, 4.69) is 25.9 Å². The maximum Gasteiger partial charge on any atom is 0.332 e. The van der Waals surface area contributed by atoms with Crippen LogP contribution >= 0.6 is 0 Å². The first-order valence-electron chi connectivity index (χ1n) is 30.0. The molecule has 21 nitrogen and oxygen atoms in total. The van der Waals surface area contributed by atoms with Gasteiger partial charge in [-0.3, -0.25) is 38.4 Å². The van der Waals surface area contributed by atoms with Crippen LogP contribution in [-0.2, 0) is 60.7 Å². The highest BCUT2D eigenvalue weighted by molar-refractivity contribution is 5.99. The zero-order chi connectivity index (χ0) is 63.4. The van der Waals surface area contributed by atoms with E-state index in [0.717, 1.165) is 16.0 Å². The molecular weight excluding hydrogens is 1080 g/mol. The number of rotatable bonds is 14. The molecule has 2 aromatic carbocycles. The maximum atomic E-state index is 15.6. The normalized spacial score (nSPS) is 25.4. The van der Waals surface area contributed by atoms with Crippen molar-refractivity contribution in [2.75, 3.05) is 34.7 Å². The number of cyclic esters (lactones) is 1. The molecule has 0 saturated carbocycles. The zero-order valence-corrected chi connectivity index (χ0v) is 52.8. The van der Waals surface area contributed by atoms with Crippen molar-refractivity contribution in [3.63, 3.8) is 0 Å². The summed E-state index contributed by atoms with van der Waals surface area (Å²) in [5, 5.41) is 20.5. The standard InChI is InChI=1S/C64H94N10O11/c1-17-40(9)50-61(81)71(14)51(38(5)6)56(76)67-46(31-37(3)4)59(79)73(16)54(64(11,12)84)63(83)85-53(41(10)18-2)62(82)72(15)52(39(7)8)57(77)68-47(32-42-23-20-19-21-24-42)58(78)70(13)49(60(80)74-30-22-25-48(74)55(75)69-50)33-43-26-28-44(29-27-43)45-34-65-36-66-35-45/h19-21,23-24,26-29,34-41,46-54,84H,17-18,22,25,30-33H2,1-16H3,(H,67,76)(H,68,77)(H,69,75)/t40?,41?,46-,47-,48-,49-,50-,51-,52-,53+,54+/m0/s1. The second-order valence-electron chi connectivity index (χ2n) is 25.0.